The van der Waals surface area contributed by atoms with Gasteiger partial charge in [-0.3, -0.25) is 4.79 Å². The van der Waals surface area contributed by atoms with Crippen molar-refractivity contribution in [1.82, 2.24) is 9.88 Å². The van der Waals surface area contributed by atoms with Crippen LogP contribution in [0.1, 0.15) is 66.5 Å². The summed E-state index contributed by atoms with van der Waals surface area (Å²) >= 11 is 1.55. The summed E-state index contributed by atoms with van der Waals surface area (Å²) in [4.78, 5) is 19.6. The van der Waals surface area contributed by atoms with Crippen LogP contribution < -0.4 is 0 Å². The molecule has 1 saturated heterocycles. The van der Waals surface area contributed by atoms with Crippen LogP contribution in [0, 0.1) is 0 Å². The highest BCUT2D eigenvalue weighted by Gasteiger charge is 2.27. The molecule has 0 N–H and O–H groups in total. The predicted molar refractivity (Wildman–Crippen MR) is 88.4 cm³/mol. The van der Waals surface area contributed by atoms with Gasteiger partial charge in [0, 0.05) is 13.1 Å². The standard InChI is InChI=1S/C17H26N2O2S/c1-2-5-16-18-12-15(22-16)17(20)19-10-8-14(9-11-19)21-13-6-3-4-7-13/h12-14H,2-11H2,1H3. The molecule has 5 heteroatoms. The summed E-state index contributed by atoms with van der Waals surface area (Å²) in [5, 5.41) is 1.07. The Bertz CT molecular complexity index is 489. The minimum Gasteiger partial charge on any atom is -0.375 e. The molecule has 2 aliphatic rings. The number of carbonyl (C=O) groups excluding carboxylic acids is 1. The van der Waals surface area contributed by atoms with Gasteiger partial charge in [-0.15, -0.1) is 11.3 Å². The van der Waals surface area contributed by atoms with Crippen molar-refractivity contribution in [2.75, 3.05) is 13.1 Å². The summed E-state index contributed by atoms with van der Waals surface area (Å²) in [6.45, 7) is 3.77. The molecule has 2 heterocycles. The van der Waals surface area contributed by atoms with Crippen molar-refractivity contribution in [3.8, 4) is 0 Å². The summed E-state index contributed by atoms with van der Waals surface area (Å²) in [6.07, 6.45) is 11.6. The summed E-state index contributed by atoms with van der Waals surface area (Å²) in [6, 6.07) is 0. The van der Waals surface area contributed by atoms with Crippen molar-refractivity contribution in [2.24, 2.45) is 0 Å². The van der Waals surface area contributed by atoms with Gasteiger partial charge in [-0.25, -0.2) is 4.98 Å². The number of hydrogen-bond acceptors (Lipinski definition) is 4. The van der Waals surface area contributed by atoms with Gasteiger partial charge in [0.2, 0.25) is 0 Å². The van der Waals surface area contributed by atoms with Crippen molar-refractivity contribution in [2.45, 2.75) is 70.5 Å². The Labute approximate surface area is 136 Å². The van der Waals surface area contributed by atoms with Crippen molar-refractivity contribution in [3.05, 3.63) is 16.1 Å². The van der Waals surface area contributed by atoms with E-state index in [4.69, 9.17) is 4.74 Å². The number of carbonyl (C=O) groups is 1. The first-order valence-electron chi connectivity index (χ1n) is 8.65. The minimum absolute atomic E-state index is 0.152. The molecule has 3 rings (SSSR count). The third kappa shape index (κ3) is 3.87. The van der Waals surface area contributed by atoms with E-state index in [1.165, 1.54) is 25.7 Å². The van der Waals surface area contributed by atoms with Crippen LogP contribution in [0.25, 0.3) is 0 Å². The van der Waals surface area contributed by atoms with E-state index in [0.29, 0.717) is 12.2 Å². The number of thiazole rings is 1. The van der Waals surface area contributed by atoms with Crippen LogP contribution in [0.15, 0.2) is 6.20 Å². The Balaban J connectivity index is 1.48. The molecule has 1 amide bonds. The van der Waals surface area contributed by atoms with E-state index in [1.54, 1.807) is 17.5 Å². The number of amides is 1. The lowest BCUT2D eigenvalue weighted by Gasteiger charge is -2.33. The zero-order valence-corrected chi connectivity index (χ0v) is 14.2. The van der Waals surface area contributed by atoms with E-state index < -0.39 is 0 Å². The third-order valence-electron chi connectivity index (χ3n) is 4.64. The molecule has 1 aliphatic carbocycles. The van der Waals surface area contributed by atoms with Crippen LogP contribution in [0.5, 0.6) is 0 Å². The van der Waals surface area contributed by atoms with Crippen LogP contribution in [-0.2, 0) is 11.2 Å². The van der Waals surface area contributed by atoms with Crippen LogP contribution in [0.2, 0.25) is 0 Å². The van der Waals surface area contributed by atoms with Crippen LogP contribution in [0.3, 0.4) is 0 Å². The van der Waals surface area contributed by atoms with Crippen molar-refractivity contribution < 1.29 is 9.53 Å². The second-order valence-corrected chi connectivity index (χ2v) is 7.52. The molecule has 122 valence electrons. The molecule has 1 aromatic heterocycles. The van der Waals surface area contributed by atoms with Crippen molar-refractivity contribution in [1.29, 1.82) is 0 Å². The van der Waals surface area contributed by atoms with Gasteiger partial charge in [0.1, 0.15) is 4.88 Å². The number of nitrogens with zero attached hydrogens (tertiary/aromatic N) is 2. The average Bonchev–Trinajstić information content (AvgIpc) is 3.20. The van der Waals surface area contributed by atoms with E-state index in [1.807, 2.05) is 4.90 Å². The topological polar surface area (TPSA) is 42.4 Å². The van der Waals surface area contributed by atoms with E-state index in [2.05, 4.69) is 11.9 Å². The number of piperidine rings is 1. The second-order valence-electron chi connectivity index (χ2n) is 6.40. The summed E-state index contributed by atoms with van der Waals surface area (Å²) in [5.74, 6) is 0.152. The fraction of sp³-hybridized carbons (Fsp3) is 0.765. The fourth-order valence-electron chi connectivity index (χ4n) is 3.39. The highest BCUT2D eigenvalue weighted by Crippen LogP contribution is 2.26. The van der Waals surface area contributed by atoms with E-state index in [9.17, 15) is 4.79 Å². The van der Waals surface area contributed by atoms with Gasteiger partial charge in [0.25, 0.3) is 5.91 Å². The highest BCUT2D eigenvalue weighted by molar-refractivity contribution is 7.13. The lowest BCUT2D eigenvalue weighted by Crippen LogP contribution is -2.41. The van der Waals surface area contributed by atoms with Gasteiger partial charge in [-0.1, -0.05) is 19.8 Å². The van der Waals surface area contributed by atoms with E-state index >= 15 is 0 Å². The molecule has 1 aliphatic heterocycles. The quantitative estimate of drug-likeness (QED) is 0.831. The van der Waals surface area contributed by atoms with Gasteiger partial charge in [-0.2, -0.15) is 0 Å². The molecule has 1 saturated carbocycles. The Hall–Kier alpha value is -0.940. The highest BCUT2D eigenvalue weighted by atomic mass is 32.1. The maximum atomic E-state index is 12.5. The Morgan fingerprint density at radius 2 is 1.95 bits per heavy atom. The Morgan fingerprint density at radius 3 is 2.64 bits per heavy atom. The monoisotopic (exact) mass is 322 g/mol. The molecular weight excluding hydrogens is 296 g/mol. The second kappa shape index (κ2) is 7.55. The van der Waals surface area contributed by atoms with E-state index in [0.717, 1.165) is 48.7 Å². The molecule has 0 bridgehead atoms. The smallest absolute Gasteiger partial charge is 0.265 e. The molecule has 4 nitrogen and oxygen atoms in total. The predicted octanol–water partition coefficient (Wildman–Crippen LogP) is 3.66. The van der Waals surface area contributed by atoms with Gasteiger partial charge >= 0.3 is 0 Å². The number of aromatic nitrogens is 1. The minimum atomic E-state index is 0.152. The Morgan fingerprint density at radius 1 is 1.27 bits per heavy atom. The molecular formula is C17H26N2O2S. The number of hydrogen-bond donors (Lipinski definition) is 0. The normalized spacial score (nSPS) is 20.7. The maximum absolute atomic E-state index is 12.5. The largest absolute Gasteiger partial charge is 0.375 e. The molecule has 0 radical (unpaired) electrons. The SMILES string of the molecule is CCCc1ncc(C(=O)N2CCC(OC3CCCC3)CC2)s1. The molecule has 1 aromatic rings. The van der Waals surface area contributed by atoms with Crippen LogP contribution in [-0.4, -0.2) is 41.1 Å². The average molecular weight is 322 g/mol. The molecule has 0 unspecified atom stereocenters. The fourth-order valence-corrected chi connectivity index (χ4v) is 4.37. The molecule has 0 atom stereocenters. The van der Waals surface area contributed by atoms with Gasteiger partial charge < -0.3 is 9.64 Å². The van der Waals surface area contributed by atoms with Gasteiger partial charge in [0.15, 0.2) is 0 Å². The third-order valence-corrected chi connectivity index (χ3v) is 5.69. The van der Waals surface area contributed by atoms with Crippen LogP contribution in [0.4, 0.5) is 0 Å². The first-order chi connectivity index (χ1) is 10.8. The Kier molecular flexibility index (Phi) is 5.47. The first-order valence-corrected chi connectivity index (χ1v) is 9.47. The van der Waals surface area contributed by atoms with E-state index in [-0.39, 0.29) is 5.91 Å². The number of rotatable bonds is 5. The number of likely N-dealkylation sites (tertiary alicyclic amines) is 1. The van der Waals surface area contributed by atoms with Crippen molar-refractivity contribution in [3.63, 3.8) is 0 Å². The number of aryl methyl sites for hydroxylation is 1. The summed E-state index contributed by atoms with van der Waals surface area (Å²) in [7, 11) is 0. The lowest BCUT2D eigenvalue weighted by molar-refractivity contribution is -0.0357. The number of ether oxygens (including phenoxy) is 1. The lowest BCUT2D eigenvalue weighted by atomic mass is 10.1. The molecule has 2 fully saturated rings. The van der Waals surface area contributed by atoms with Crippen molar-refractivity contribution >= 4 is 17.2 Å². The van der Waals surface area contributed by atoms with Gasteiger partial charge in [0.05, 0.1) is 23.4 Å². The zero-order valence-electron chi connectivity index (χ0n) is 13.4. The first kappa shape index (κ1) is 15.9. The summed E-state index contributed by atoms with van der Waals surface area (Å²) in [5.41, 5.74) is 0. The van der Waals surface area contributed by atoms with Crippen LogP contribution >= 0.6 is 11.3 Å². The molecule has 22 heavy (non-hydrogen) atoms. The maximum Gasteiger partial charge on any atom is 0.265 e. The molecule has 0 aromatic carbocycles. The summed E-state index contributed by atoms with van der Waals surface area (Å²) < 4.78 is 6.17. The zero-order chi connectivity index (χ0) is 15.4. The van der Waals surface area contributed by atoms with Gasteiger partial charge in [-0.05, 0) is 38.5 Å². The molecule has 0 spiro atoms.